The lowest BCUT2D eigenvalue weighted by atomic mass is 10.1. The van der Waals surface area contributed by atoms with Crippen molar-refractivity contribution in [3.63, 3.8) is 0 Å². The van der Waals surface area contributed by atoms with E-state index in [0.29, 0.717) is 0 Å². The van der Waals surface area contributed by atoms with Crippen LogP contribution in [0.2, 0.25) is 5.02 Å². The van der Waals surface area contributed by atoms with Gasteiger partial charge in [0.05, 0.1) is 12.2 Å². The molecule has 0 spiro atoms. The van der Waals surface area contributed by atoms with Crippen molar-refractivity contribution >= 4 is 29.2 Å². The zero-order chi connectivity index (χ0) is 16.5. The van der Waals surface area contributed by atoms with Crippen LogP contribution in [0.3, 0.4) is 0 Å². The van der Waals surface area contributed by atoms with Crippen molar-refractivity contribution in [1.82, 2.24) is 0 Å². The minimum atomic E-state index is -4.60. The van der Waals surface area contributed by atoms with Gasteiger partial charge in [-0.2, -0.15) is 13.2 Å². The van der Waals surface area contributed by atoms with Crippen molar-refractivity contribution in [2.45, 2.75) is 32.0 Å². The molecule has 1 saturated heterocycles. The first kappa shape index (κ1) is 16.6. The Morgan fingerprint density at radius 1 is 1.41 bits per heavy atom. The fourth-order valence-corrected chi connectivity index (χ4v) is 2.58. The number of halogens is 4. The molecular weight excluding hydrogens is 323 g/mol. The van der Waals surface area contributed by atoms with Crippen molar-refractivity contribution in [1.29, 1.82) is 0 Å². The lowest BCUT2D eigenvalue weighted by Gasteiger charge is -2.24. The van der Waals surface area contributed by atoms with Crippen LogP contribution in [0.1, 0.15) is 25.3 Å². The molecule has 1 heterocycles. The third-order valence-electron chi connectivity index (χ3n) is 3.26. The van der Waals surface area contributed by atoms with Gasteiger partial charge in [0, 0.05) is 17.1 Å². The molecular formula is C14H13ClF3NO3. The van der Waals surface area contributed by atoms with Crippen LogP contribution in [-0.4, -0.2) is 24.5 Å². The Morgan fingerprint density at radius 3 is 2.68 bits per heavy atom. The first-order valence-corrected chi connectivity index (χ1v) is 6.98. The normalized spacial score (nSPS) is 18.7. The summed E-state index contributed by atoms with van der Waals surface area (Å²) in [6.07, 6.45) is -4.33. The van der Waals surface area contributed by atoms with Crippen molar-refractivity contribution < 1.29 is 27.5 Å². The average Bonchev–Trinajstić information content (AvgIpc) is 2.79. The second-order valence-corrected chi connectivity index (χ2v) is 5.20. The van der Waals surface area contributed by atoms with Crippen LogP contribution in [0.15, 0.2) is 18.2 Å². The number of nitrogens with zero attached hydrogens (tertiary/aromatic N) is 1. The quantitative estimate of drug-likeness (QED) is 0.795. The van der Waals surface area contributed by atoms with Gasteiger partial charge in [0.25, 0.3) is 0 Å². The highest BCUT2D eigenvalue weighted by Gasteiger charge is 2.39. The Bertz CT molecular complexity index is 603. The van der Waals surface area contributed by atoms with Gasteiger partial charge < -0.3 is 4.74 Å². The number of amides is 1. The smallest absolute Gasteiger partial charge is 0.416 e. The molecule has 1 aromatic rings. The van der Waals surface area contributed by atoms with Crippen LogP contribution in [0.4, 0.5) is 18.9 Å². The van der Waals surface area contributed by atoms with Gasteiger partial charge >= 0.3 is 12.1 Å². The van der Waals surface area contributed by atoms with Crippen molar-refractivity contribution in [2.24, 2.45) is 0 Å². The first-order chi connectivity index (χ1) is 10.2. The monoisotopic (exact) mass is 335 g/mol. The van der Waals surface area contributed by atoms with E-state index in [1.165, 1.54) is 6.07 Å². The van der Waals surface area contributed by atoms with E-state index in [9.17, 15) is 22.8 Å². The molecule has 0 N–H and O–H groups in total. The summed E-state index contributed by atoms with van der Waals surface area (Å²) in [5, 5.41) is -0.160. The van der Waals surface area contributed by atoms with Crippen LogP contribution in [-0.2, 0) is 20.5 Å². The summed E-state index contributed by atoms with van der Waals surface area (Å²) < 4.78 is 43.4. The van der Waals surface area contributed by atoms with Crippen LogP contribution in [0.5, 0.6) is 0 Å². The maximum atomic E-state index is 12.9. The molecule has 120 valence electrons. The molecule has 0 aliphatic carbocycles. The second-order valence-electron chi connectivity index (χ2n) is 4.77. The van der Waals surface area contributed by atoms with E-state index in [0.717, 1.165) is 17.0 Å². The Labute approximate surface area is 129 Å². The predicted octanol–water partition coefficient (Wildman–Crippen LogP) is 3.42. The van der Waals surface area contributed by atoms with Gasteiger partial charge in [0.1, 0.15) is 6.04 Å². The van der Waals surface area contributed by atoms with E-state index in [1.807, 2.05) is 0 Å². The minimum Gasteiger partial charge on any atom is -0.464 e. The van der Waals surface area contributed by atoms with E-state index in [-0.39, 0.29) is 30.2 Å². The summed E-state index contributed by atoms with van der Waals surface area (Å²) in [5.74, 6) is -1.07. The summed E-state index contributed by atoms with van der Waals surface area (Å²) in [6.45, 7) is 1.74. The molecule has 0 bridgehead atoms. The number of esters is 1. The van der Waals surface area contributed by atoms with E-state index >= 15 is 0 Å². The number of rotatable bonds is 3. The third kappa shape index (κ3) is 3.35. The van der Waals surface area contributed by atoms with Gasteiger partial charge in [-0.15, -0.1) is 0 Å². The first-order valence-electron chi connectivity index (χ1n) is 6.60. The van der Waals surface area contributed by atoms with Crippen LogP contribution >= 0.6 is 11.6 Å². The predicted molar refractivity (Wildman–Crippen MR) is 73.6 cm³/mol. The average molecular weight is 336 g/mol. The standard InChI is InChI=1S/C14H13ClF3NO3/c1-2-22-13(21)11-3-4-12(20)19(11)10-6-8(14(16,17)18)5-9(15)7-10/h5-7,11H,2-4H2,1H3. The minimum absolute atomic E-state index is 0.0552. The van der Waals surface area contributed by atoms with Crippen LogP contribution in [0, 0.1) is 0 Å². The van der Waals surface area contributed by atoms with Gasteiger partial charge in [-0.25, -0.2) is 4.79 Å². The summed E-state index contributed by atoms with van der Waals surface area (Å²) in [4.78, 5) is 24.9. The molecule has 1 aliphatic rings. The Balaban J connectivity index is 2.42. The topological polar surface area (TPSA) is 46.6 Å². The molecule has 1 aliphatic heterocycles. The SMILES string of the molecule is CCOC(=O)C1CCC(=O)N1c1cc(Cl)cc(C(F)(F)F)c1. The Hall–Kier alpha value is -1.76. The number of hydrogen-bond donors (Lipinski definition) is 0. The summed E-state index contributed by atoms with van der Waals surface area (Å²) in [5.41, 5.74) is -1.03. The van der Waals surface area contributed by atoms with Gasteiger partial charge in [0.2, 0.25) is 5.91 Å². The fourth-order valence-electron chi connectivity index (χ4n) is 2.35. The van der Waals surface area contributed by atoms with E-state index in [2.05, 4.69) is 0 Å². The van der Waals surface area contributed by atoms with Crippen molar-refractivity contribution in [2.75, 3.05) is 11.5 Å². The molecule has 1 amide bonds. The molecule has 0 radical (unpaired) electrons. The molecule has 2 rings (SSSR count). The second kappa shape index (κ2) is 6.16. The summed E-state index contributed by atoms with van der Waals surface area (Å²) in [7, 11) is 0. The maximum Gasteiger partial charge on any atom is 0.416 e. The van der Waals surface area contributed by atoms with E-state index < -0.39 is 29.7 Å². The summed E-state index contributed by atoms with van der Waals surface area (Å²) >= 11 is 5.72. The number of ether oxygens (including phenoxy) is 1. The molecule has 0 aromatic heterocycles. The highest BCUT2D eigenvalue weighted by molar-refractivity contribution is 6.31. The number of carbonyl (C=O) groups excluding carboxylic acids is 2. The third-order valence-corrected chi connectivity index (χ3v) is 3.48. The molecule has 1 atom stereocenters. The number of hydrogen-bond acceptors (Lipinski definition) is 3. The lowest BCUT2D eigenvalue weighted by molar-refractivity contribution is -0.144. The molecule has 0 saturated carbocycles. The highest BCUT2D eigenvalue weighted by Crippen LogP contribution is 2.36. The van der Waals surface area contributed by atoms with Gasteiger partial charge in [-0.1, -0.05) is 11.6 Å². The number of carbonyl (C=O) groups is 2. The van der Waals surface area contributed by atoms with E-state index in [4.69, 9.17) is 16.3 Å². The number of benzene rings is 1. The zero-order valence-electron chi connectivity index (χ0n) is 11.6. The van der Waals surface area contributed by atoms with Crippen molar-refractivity contribution in [3.05, 3.63) is 28.8 Å². The van der Waals surface area contributed by atoms with Gasteiger partial charge in [0.15, 0.2) is 0 Å². The van der Waals surface area contributed by atoms with E-state index in [1.54, 1.807) is 6.92 Å². The van der Waals surface area contributed by atoms with Gasteiger partial charge in [-0.3, -0.25) is 9.69 Å². The zero-order valence-corrected chi connectivity index (χ0v) is 12.4. The van der Waals surface area contributed by atoms with Gasteiger partial charge in [-0.05, 0) is 31.5 Å². The Morgan fingerprint density at radius 2 is 2.09 bits per heavy atom. The van der Waals surface area contributed by atoms with Crippen molar-refractivity contribution in [3.8, 4) is 0 Å². The lowest BCUT2D eigenvalue weighted by Crippen LogP contribution is -2.39. The maximum absolute atomic E-state index is 12.9. The molecule has 1 unspecified atom stereocenters. The fraction of sp³-hybridized carbons (Fsp3) is 0.429. The molecule has 1 fully saturated rings. The number of anilines is 1. The molecule has 8 heteroatoms. The molecule has 1 aromatic carbocycles. The van der Waals surface area contributed by atoms with Crippen LogP contribution < -0.4 is 4.90 Å². The molecule has 22 heavy (non-hydrogen) atoms. The van der Waals surface area contributed by atoms with Crippen LogP contribution in [0.25, 0.3) is 0 Å². The summed E-state index contributed by atoms with van der Waals surface area (Å²) in [6, 6.07) is 1.88. The Kier molecular flexibility index (Phi) is 4.65. The largest absolute Gasteiger partial charge is 0.464 e. The highest BCUT2D eigenvalue weighted by atomic mass is 35.5. The number of alkyl halides is 3. The molecule has 4 nitrogen and oxygen atoms in total.